The molecule has 2 aromatic heterocycles. The van der Waals surface area contributed by atoms with Crippen LogP contribution in [0.3, 0.4) is 0 Å². The molecule has 5 nitrogen and oxygen atoms in total. The number of aliphatic hydroxyl groups excluding tert-OH is 1. The highest BCUT2D eigenvalue weighted by Crippen LogP contribution is 2.06. The number of amides is 1. The number of nitrogens with zero attached hydrogens (tertiary/aromatic N) is 1. The number of rotatable bonds is 6. The quantitative estimate of drug-likeness (QED) is 0.820. The van der Waals surface area contributed by atoms with Gasteiger partial charge in [0.15, 0.2) is 0 Å². The molecule has 0 aliphatic carbocycles. The van der Waals surface area contributed by atoms with Crippen LogP contribution in [0, 0.1) is 0 Å². The number of aromatic nitrogens is 1. The van der Waals surface area contributed by atoms with Crippen molar-refractivity contribution in [3.8, 4) is 0 Å². The normalized spacial score (nSPS) is 12.1. The average molecular weight is 292 g/mol. The lowest BCUT2D eigenvalue weighted by atomic mass is 10.2. The first-order chi connectivity index (χ1) is 9.65. The minimum atomic E-state index is -0.790. The summed E-state index contributed by atoms with van der Waals surface area (Å²) in [7, 11) is 0. The second-order valence-corrected chi connectivity index (χ2v) is 5.24. The Labute approximate surface area is 120 Å². The zero-order chi connectivity index (χ0) is 14.4. The SMILES string of the molecule is O=C(Cc1ccsc1)NCC(O)Cn1ccccc1=O. The second kappa shape index (κ2) is 7.02. The summed E-state index contributed by atoms with van der Waals surface area (Å²) in [5, 5.41) is 16.3. The molecule has 2 aromatic rings. The van der Waals surface area contributed by atoms with E-state index in [1.54, 1.807) is 29.7 Å². The lowest BCUT2D eigenvalue weighted by molar-refractivity contribution is -0.120. The lowest BCUT2D eigenvalue weighted by Crippen LogP contribution is -2.36. The fraction of sp³-hybridized carbons (Fsp3) is 0.286. The molecule has 1 amide bonds. The van der Waals surface area contributed by atoms with Gasteiger partial charge in [0.1, 0.15) is 0 Å². The third-order valence-corrected chi connectivity index (χ3v) is 3.52. The molecule has 2 heterocycles. The van der Waals surface area contributed by atoms with E-state index in [0.29, 0.717) is 6.42 Å². The molecule has 1 unspecified atom stereocenters. The van der Waals surface area contributed by atoms with Gasteiger partial charge in [-0.3, -0.25) is 9.59 Å². The summed E-state index contributed by atoms with van der Waals surface area (Å²) in [5.41, 5.74) is 0.789. The van der Waals surface area contributed by atoms with E-state index in [9.17, 15) is 14.7 Å². The van der Waals surface area contributed by atoms with E-state index in [1.165, 1.54) is 10.6 Å². The van der Waals surface area contributed by atoms with E-state index in [0.717, 1.165) is 5.56 Å². The Morgan fingerprint density at radius 3 is 2.95 bits per heavy atom. The first-order valence-electron chi connectivity index (χ1n) is 6.26. The molecule has 0 radical (unpaired) electrons. The third-order valence-electron chi connectivity index (χ3n) is 2.79. The van der Waals surface area contributed by atoms with Gasteiger partial charge in [-0.15, -0.1) is 0 Å². The zero-order valence-corrected chi connectivity index (χ0v) is 11.7. The van der Waals surface area contributed by atoms with Gasteiger partial charge in [-0.2, -0.15) is 11.3 Å². The summed E-state index contributed by atoms with van der Waals surface area (Å²) in [4.78, 5) is 23.1. The van der Waals surface area contributed by atoms with Gasteiger partial charge in [-0.1, -0.05) is 6.07 Å². The maximum Gasteiger partial charge on any atom is 0.250 e. The first-order valence-corrected chi connectivity index (χ1v) is 7.21. The van der Waals surface area contributed by atoms with Crippen LogP contribution in [0.25, 0.3) is 0 Å². The molecule has 0 aromatic carbocycles. The van der Waals surface area contributed by atoms with Gasteiger partial charge in [0.2, 0.25) is 5.91 Å². The molecule has 2 N–H and O–H groups in total. The molecule has 0 aliphatic rings. The standard InChI is InChI=1S/C14H16N2O3S/c17-12(9-16-5-2-1-3-14(16)19)8-15-13(18)7-11-4-6-20-10-11/h1-6,10,12,17H,7-9H2,(H,15,18). The summed E-state index contributed by atoms with van der Waals surface area (Å²) < 4.78 is 1.41. The van der Waals surface area contributed by atoms with Crippen LogP contribution in [-0.2, 0) is 17.8 Å². The number of carbonyl (C=O) groups is 1. The van der Waals surface area contributed by atoms with Crippen LogP contribution in [-0.4, -0.2) is 28.2 Å². The van der Waals surface area contributed by atoms with Crippen LogP contribution in [0.4, 0.5) is 0 Å². The predicted octanol–water partition coefficient (Wildman–Crippen LogP) is 0.630. The van der Waals surface area contributed by atoms with Gasteiger partial charge >= 0.3 is 0 Å². The van der Waals surface area contributed by atoms with Crippen LogP contribution in [0.5, 0.6) is 0 Å². The summed E-state index contributed by atoms with van der Waals surface area (Å²) in [6.45, 7) is 0.294. The average Bonchev–Trinajstić information content (AvgIpc) is 2.92. The van der Waals surface area contributed by atoms with Gasteiger partial charge in [0, 0.05) is 18.8 Å². The van der Waals surface area contributed by atoms with Crippen molar-refractivity contribution in [1.29, 1.82) is 0 Å². The number of pyridine rings is 1. The molecule has 6 heteroatoms. The number of nitrogens with one attached hydrogen (secondary N) is 1. The maximum absolute atomic E-state index is 11.6. The van der Waals surface area contributed by atoms with Crippen molar-refractivity contribution in [2.45, 2.75) is 19.1 Å². The largest absolute Gasteiger partial charge is 0.389 e. The fourth-order valence-electron chi connectivity index (χ4n) is 1.78. The molecule has 1 atom stereocenters. The Morgan fingerprint density at radius 2 is 2.25 bits per heavy atom. The monoisotopic (exact) mass is 292 g/mol. The summed E-state index contributed by atoms with van der Waals surface area (Å²) in [5.74, 6) is -0.136. The molecular formula is C14H16N2O3S. The highest BCUT2D eigenvalue weighted by molar-refractivity contribution is 7.07. The van der Waals surface area contributed by atoms with Gasteiger partial charge in [-0.25, -0.2) is 0 Å². The molecule has 0 aliphatic heterocycles. The Kier molecular flexibility index (Phi) is 5.09. The molecule has 0 spiro atoms. The van der Waals surface area contributed by atoms with Gasteiger partial charge in [-0.05, 0) is 28.5 Å². The topological polar surface area (TPSA) is 71.3 Å². The highest BCUT2D eigenvalue weighted by atomic mass is 32.1. The van der Waals surface area contributed by atoms with E-state index >= 15 is 0 Å². The fourth-order valence-corrected chi connectivity index (χ4v) is 2.44. The van der Waals surface area contributed by atoms with Crippen LogP contribution < -0.4 is 10.9 Å². The molecule has 0 saturated heterocycles. The number of hydrogen-bond donors (Lipinski definition) is 2. The molecule has 0 bridgehead atoms. The number of thiophene rings is 1. The van der Waals surface area contributed by atoms with Crippen LogP contribution in [0.2, 0.25) is 0 Å². The number of aliphatic hydroxyl groups is 1. The molecule has 0 fully saturated rings. The van der Waals surface area contributed by atoms with Crippen molar-refractivity contribution in [3.05, 3.63) is 57.1 Å². The van der Waals surface area contributed by atoms with Crippen molar-refractivity contribution < 1.29 is 9.90 Å². The number of hydrogen-bond acceptors (Lipinski definition) is 4. The van der Waals surface area contributed by atoms with E-state index in [4.69, 9.17) is 0 Å². The molecule has 20 heavy (non-hydrogen) atoms. The van der Waals surface area contributed by atoms with Crippen molar-refractivity contribution in [2.75, 3.05) is 6.54 Å². The first kappa shape index (κ1) is 14.5. The molecule has 2 rings (SSSR count). The summed E-state index contributed by atoms with van der Waals surface area (Å²) >= 11 is 1.54. The predicted molar refractivity (Wildman–Crippen MR) is 77.7 cm³/mol. The maximum atomic E-state index is 11.6. The highest BCUT2D eigenvalue weighted by Gasteiger charge is 2.09. The minimum absolute atomic E-state index is 0.129. The lowest BCUT2D eigenvalue weighted by Gasteiger charge is -2.13. The Balaban J connectivity index is 1.78. The van der Waals surface area contributed by atoms with Crippen LogP contribution in [0.15, 0.2) is 46.0 Å². The summed E-state index contributed by atoms with van der Waals surface area (Å²) in [6, 6.07) is 6.70. The Bertz CT molecular complexity index is 607. The smallest absolute Gasteiger partial charge is 0.250 e. The Morgan fingerprint density at radius 1 is 1.40 bits per heavy atom. The zero-order valence-electron chi connectivity index (χ0n) is 10.9. The molecular weight excluding hydrogens is 276 g/mol. The van der Waals surface area contributed by atoms with Gasteiger partial charge in [0.05, 0.1) is 19.1 Å². The van der Waals surface area contributed by atoms with E-state index in [2.05, 4.69) is 5.32 Å². The number of carbonyl (C=O) groups excluding carboxylic acids is 1. The summed E-state index contributed by atoms with van der Waals surface area (Å²) in [6.07, 6.45) is 1.13. The second-order valence-electron chi connectivity index (χ2n) is 4.46. The van der Waals surface area contributed by atoms with Crippen LogP contribution >= 0.6 is 11.3 Å². The van der Waals surface area contributed by atoms with Gasteiger partial charge < -0.3 is 15.0 Å². The van der Waals surface area contributed by atoms with Crippen molar-refractivity contribution >= 4 is 17.2 Å². The van der Waals surface area contributed by atoms with Gasteiger partial charge in [0.25, 0.3) is 5.56 Å². The van der Waals surface area contributed by atoms with Crippen molar-refractivity contribution in [3.63, 3.8) is 0 Å². The van der Waals surface area contributed by atoms with E-state index < -0.39 is 6.10 Å². The van der Waals surface area contributed by atoms with Crippen molar-refractivity contribution in [1.82, 2.24) is 9.88 Å². The van der Waals surface area contributed by atoms with E-state index in [-0.39, 0.29) is 24.6 Å². The third kappa shape index (κ3) is 4.32. The van der Waals surface area contributed by atoms with Crippen molar-refractivity contribution in [2.24, 2.45) is 0 Å². The minimum Gasteiger partial charge on any atom is -0.389 e. The molecule has 0 saturated carbocycles. The van der Waals surface area contributed by atoms with Crippen LogP contribution in [0.1, 0.15) is 5.56 Å². The molecule has 106 valence electrons. The van der Waals surface area contributed by atoms with E-state index in [1.807, 2.05) is 16.8 Å². The Hall–Kier alpha value is -1.92.